The Morgan fingerprint density at radius 3 is 2.65 bits per heavy atom. The minimum Gasteiger partial charge on any atom is -0.458 e. The molecule has 1 spiro atoms. The quantitative estimate of drug-likeness (QED) is 0.684. The largest absolute Gasteiger partial charge is 0.458 e. The van der Waals surface area contributed by atoms with Gasteiger partial charge in [-0.3, -0.25) is 0 Å². The monoisotopic (exact) mass is 426 g/mol. The molecule has 26 heavy (non-hydrogen) atoms. The molecule has 0 aromatic heterocycles. The number of alkyl carbamates (subject to hydrolysis) is 1. The van der Waals surface area contributed by atoms with E-state index in [2.05, 4.69) is 26.2 Å². The topological polar surface area (TPSA) is 59.9 Å². The molecule has 1 aliphatic carbocycles. The zero-order valence-corrected chi connectivity index (χ0v) is 17.1. The predicted octanol–water partition coefficient (Wildman–Crippen LogP) is 5.03. The van der Waals surface area contributed by atoms with E-state index in [0.29, 0.717) is 12.0 Å². The van der Waals surface area contributed by atoms with E-state index in [-0.39, 0.29) is 11.8 Å². The van der Waals surface area contributed by atoms with Crippen molar-refractivity contribution in [3.63, 3.8) is 0 Å². The van der Waals surface area contributed by atoms with Crippen LogP contribution in [0.1, 0.15) is 58.9 Å². The number of rotatable bonds is 1. The molecule has 1 heterocycles. The van der Waals surface area contributed by atoms with Crippen LogP contribution in [0.4, 0.5) is 9.18 Å². The lowest BCUT2D eigenvalue weighted by atomic mass is 9.69. The maximum Gasteiger partial charge on any atom is 0.415 e. The van der Waals surface area contributed by atoms with Crippen LogP contribution in [0, 0.1) is 5.82 Å². The van der Waals surface area contributed by atoms with Crippen LogP contribution in [-0.4, -0.2) is 23.3 Å². The van der Waals surface area contributed by atoms with Crippen LogP contribution in [0.5, 0.6) is 0 Å². The molecule has 5 nitrogen and oxygen atoms in total. The fourth-order valence-electron chi connectivity index (χ4n) is 3.51. The molecule has 1 unspecified atom stereocenters. The number of nitrogens with zero attached hydrogens (tertiary/aromatic N) is 1. The second kappa shape index (κ2) is 6.51. The van der Waals surface area contributed by atoms with Crippen LogP contribution in [0.2, 0.25) is 0 Å². The first kappa shape index (κ1) is 19.1. The number of halogens is 2. The SMILES string of the molecule is CC(C)(C)OC(=O)NC1=NC(C)(c2cc(Br)ccc2F)CC2(CCC2)O1. The molecule has 1 aliphatic heterocycles. The van der Waals surface area contributed by atoms with Crippen molar-refractivity contribution in [3.05, 3.63) is 34.1 Å². The summed E-state index contributed by atoms with van der Waals surface area (Å²) in [7, 11) is 0. The van der Waals surface area contributed by atoms with E-state index in [0.717, 1.165) is 23.7 Å². The lowest BCUT2D eigenvalue weighted by Crippen LogP contribution is -2.54. The molecule has 2 aliphatic rings. The summed E-state index contributed by atoms with van der Waals surface area (Å²) in [6, 6.07) is 4.91. The van der Waals surface area contributed by atoms with E-state index in [4.69, 9.17) is 9.47 Å². The first-order valence-electron chi connectivity index (χ1n) is 8.75. The molecular weight excluding hydrogens is 403 g/mol. The van der Waals surface area contributed by atoms with Crippen LogP contribution in [0.25, 0.3) is 0 Å². The fourth-order valence-corrected chi connectivity index (χ4v) is 3.88. The summed E-state index contributed by atoms with van der Waals surface area (Å²) in [5.41, 5.74) is -1.41. The fraction of sp³-hybridized carbons (Fsp3) is 0.579. The molecule has 1 aromatic carbocycles. The summed E-state index contributed by atoms with van der Waals surface area (Å²) in [5, 5.41) is 2.59. The number of amidine groups is 1. The van der Waals surface area contributed by atoms with Crippen molar-refractivity contribution in [1.82, 2.24) is 5.32 Å². The zero-order valence-electron chi connectivity index (χ0n) is 15.5. The highest BCUT2D eigenvalue weighted by atomic mass is 79.9. The van der Waals surface area contributed by atoms with Crippen LogP contribution in [0.15, 0.2) is 27.7 Å². The molecular formula is C19H24BrFN2O3. The lowest BCUT2D eigenvalue weighted by Gasteiger charge is -2.49. The Bertz CT molecular complexity index is 756. The third-order valence-corrected chi connectivity index (χ3v) is 5.20. The Morgan fingerprint density at radius 1 is 1.38 bits per heavy atom. The summed E-state index contributed by atoms with van der Waals surface area (Å²) in [6.07, 6.45) is 2.68. The van der Waals surface area contributed by atoms with Gasteiger partial charge in [-0.2, -0.15) is 0 Å². The van der Waals surface area contributed by atoms with E-state index >= 15 is 0 Å². The minimum atomic E-state index is -0.836. The predicted molar refractivity (Wildman–Crippen MR) is 101 cm³/mol. The van der Waals surface area contributed by atoms with Gasteiger partial charge in [0.1, 0.15) is 17.0 Å². The average molecular weight is 427 g/mol. The number of ether oxygens (including phenoxy) is 2. The standard InChI is InChI=1S/C19H24BrFN2O3/c1-17(2,3)26-16(24)22-15-23-18(4,11-19(25-15)8-5-9-19)13-10-12(20)6-7-14(13)21/h6-7,10H,5,8-9,11H2,1-4H3,(H,22,23,24). The summed E-state index contributed by atoms with van der Waals surface area (Å²) in [4.78, 5) is 16.7. The molecule has 142 valence electrons. The number of amides is 1. The maximum absolute atomic E-state index is 14.5. The number of carbonyl (C=O) groups is 1. The molecule has 1 fully saturated rings. The second-order valence-corrected chi connectivity index (χ2v) is 9.17. The van der Waals surface area contributed by atoms with Crippen LogP contribution in [0.3, 0.4) is 0 Å². The summed E-state index contributed by atoms with van der Waals surface area (Å²) in [5.74, 6) is -0.326. The first-order valence-corrected chi connectivity index (χ1v) is 9.54. The van der Waals surface area contributed by atoms with Gasteiger partial charge in [0.05, 0.1) is 5.54 Å². The van der Waals surface area contributed by atoms with Crippen LogP contribution < -0.4 is 5.32 Å². The van der Waals surface area contributed by atoms with Gasteiger partial charge in [0.2, 0.25) is 0 Å². The van der Waals surface area contributed by atoms with Gasteiger partial charge < -0.3 is 9.47 Å². The lowest BCUT2D eigenvalue weighted by molar-refractivity contribution is -0.0612. The van der Waals surface area contributed by atoms with E-state index < -0.39 is 22.8 Å². The minimum absolute atomic E-state index is 0.0899. The van der Waals surface area contributed by atoms with Gasteiger partial charge in [-0.25, -0.2) is 19.5 Å². The van der Waals surface area contributed by atoms with E-state index in [9.17, 15) is 9.18 Å². The molecule has 1 amide bonds. The Hall–Kier alpha value is -1.63. The highest BCUT2D eigenvalue weighted by Gasteiger charge is 2.51. The van der Waals surface area contributed by atoms with E-state index in [1.54, 1.807) is 32.9 Å². The smallest absolute Gasteiger partial charge is 0.415 e. The number of hydrogen-bond acceptors (Lipinski definition) is 4. The number of nitrogens with one attached hydrogen (secondary N) is 1. The Balaban J connectivity index is 1.93. The summed E-state index contributed by atoms with van der Waals surface area (Å²) < 4.78 is 26.6. The van der Waals surface area contributed by atoms with Crippen molar-refractivity contribution >= 4 is 28.0 Å². The van der Waals surface area contributed by atoms with Crippen molar-refractivity contribution in [1.29, 1.82) is 0 Å². The highest BCUT2D eigenvalue weighted by molar-refractivity contribution is 9.10. The number of aliphatic imine (C=N–C) groups is 1. The van der Waals surface area contributed by atoms with Crippen molar-refractivity contribution < 1.29 is 18.7 Å². The number of carbonyl (C=O) groups excluding carboxylic acids is 1. The number of hydrogen-bond donors (Lipinski definition) is 1. The molecule has 1 atom stereocenters. The maximum atomic E-state index is 14.5. The zero-order chi connectivity index (χ0) is 19.2. The Kier molecular flexibility index (Phi) is 4.80. The van der Waals surface area contributed by atoms with Gasteiger partial charge in [-0.15, -0.1) is 0 Å². The van der Waals surface area contributed by atoms with E-state index in [1.165, 1.54) is 6.07 Å². The molecule has 1 saturated carbocycles. The molecule has 7 heteroatoms. The molecule has 1 aromatic rings. The first-order chi connectivity index (χ1) is 12.0. The van der Waals surface area contributed by atoms with E-state index in [1.807, 2.05) is 6.92 Å². The average Bonchev–Trinajstić information content (AvgIpc) is 2.45. The van der Waals surface area contributed by atoms with Gasteiger partial charge in [-0.1, -0.05) is 15.9 Å². The van der Waals surface area contributed by atoms with Gasteiger partial charge in [0, 0.05) is 16.5 Å². The van der Waals surface area contributed by atoms with Crippen LogP contribution in [-0.2, 0) is 15.0 Å². The van der Waals surface area contributed by atoms with Crippen molar-refractivity contribution in [3.8, 4) is 0 Å². The van der Waals surface area contributed by atoms with Gasteiger partial charge in [-0.05, 0) is 65.2 Å². The van der Waals surface area contributed by atoms with Gasteiger partial charge in [0.25, 0.3) is 6.02 Å². The molecule has 0 saturated heterocycles. The second-order valence-electron chi connectivity index (χ2n) is 8.26. The summed E-state index contributed by atoms with van der Waals surface area (Å²) in [6.45, 7) is 7.22. The molecule has 3 rings (SSSR count). The van der Waals surface area contributed by atoms with Crippen molar-refractivity contribution in [2.24, 2.45) is 4.99 Å². The molecule has 1 N–H and O–H groups in total. The molecule has 0 bridgehead atoms. The van der Waals surface area contributed by atoms with Gasteiger partial charge >= 0.3 is 6.09 Å². The molecule has 0 radical (unpaired) electrons. The number of benzene rings is 1. The summed E-state index contributed by atoms with van der Waals surface area (Å²) >= 11 is 3.40. The third kappa shape index (κ3) is 4.03. The third-order valence-electron chi connectivity index (χ3n) is 4.71. The van der Waals surface area contributed by atoms with Crippen molar-refractivity contribution in [2.75, 3.05) is 0 Å². The van der Waals surface area contributed by atoms with Crippen molar-refractivity contribution in [2.45, 2.75) is 70.1 Å². The normalized spacial score (nSPS) is 24.3. The van der Waals surface area contributed by atoms with Gasteiger partial charge in [0.15, 0.2) is 0 Å². The Labute approximate surface area is 161 Å². The van der Waals surface area contributed by atoms with Crippen LogP contribution >= 0.6 is 15.9 Å². The Morgan fingerprint density at radius 2 is 2.08 bits per heavy atom. The highest BCUT2D eigenvalue weighted by Crippen LogP contribution is 2.49.